The average Bonchev–Trinajstić information content (AvgIpc) is 2.59. The molecule has 0 bridgehead atoms. The highest BCUT2D eigenvalue weighted by molar-refractivity contribution is 5.77. The third kappa shape index (κ3) is 4.80. The van der Waals surface area contributed by atoms with Gasteiger partial charge in [-0.25, -0.2) is 0 Å². The predicted molar refractivity (Wildman–Crippen MR) is 93.6 cm³/mol. The van der Waals surface area contributed by atoms with Gasteiger partial charge in [-0.2, -0.15) is 13.2 Å². The van der Waals surface area contributed by atoms with E-state index in [2.05, 4.69) is 4.90 Å². The van der Waals surface area contributed by atoms with Crippen LogP contribution < -0.4 is 5.73 Å². The second-order valence-corrected chi connectivity index (χ2v) is 7.36. The van der Waals surface area contributed by atoms with Crippen molar-refractivity contribution in [2.45, 2.75) is 37.9 Å². The number of likely N-dealkylation sites (tertiary alicyclic amines) is 2. The van der Waals surface area contributed by atoms with Gasteiger partial charge in [0.1, 0.15) is 0 Å². The van der Waals surface area contributed by atoms with Gasteiger partial charge in [0, 0.05) is 31.5 Å². The van der Waals surface area contributed by atoms with E-state index in [1.165, 1.54) is 12.1 Å². The van der Waals surface area contributed by atoms with E-state index in [0.29, 0.717) is 32.0 Å². The van der Waals surface area contributed by atoms with Gasteiger partial charge < -0.3 is 10.6 Å². The van der Waals surface area contributed by atoms with E-state index in [1.807, 2.05) is 0 Å². The fraction of sp³-hybridized carbons (Fsp3) is 0.579. The lowest BCUT2D eigenvalue weighted by atomic mass is 9.93. The first kappa shape index (κ1) is 19.7. The Morgan fingerprint density at radius 2 is 1.67 bits per heavy atom. The van der Waals surface area contributed by atoms with Crippen LogP contribution in [0.4, 0.5) is 13.2 Å². The third-order valence-electron chi connectivity index (χ3n) is 5.57. The minimum Gasteiger partial charge on any atom is -0.369 e. The molecule has 0 aliphatic carbocycles. The number of piperidine rings is 1. The summed E-state index contributed by atoms with van der Waals surface area (Å²) in [5.41, 5.74) is 5.39. The zero-order valence-electron chi connectivity index (χ0n) is 15.0. The first-order valence-corrected chi connectivity index (χ1v) is 9.21. The van der Waals surface area contributed by atoms with Gasteiger partial charge in [0.05, 0.1) is 5.56 Å². The summed E-state index contributed by atoms with van der Waals surface area (Å²) in [6.45, 7) is 3.00. The van der Waals surface area contributed by atoms with Crippen LogP contribution >= 0.6 is 0 Å². The van der Waals surface area contributed by atoms with Crippen LogP contribution in [0.3, 0.4) is 0 Å². The number of aryl methyl sites for hydroxylation is 1. The van der Waals surface area contributed by atoms with Crippen LogP contribution in [0.1, 0.15) is 30.4 Å². The fourth-order valence-electron chi connectivity index (χ4n) is 3.71. The summed E-state index contributed by atoms with van der Waals surface area (Å²) in [7, 11) is 0. The van der Waals surface area contributed by atoms with Gasteiger partial charge in [-0.3, -0.25) is 14.5 Å². The fourth-order valence-corrected chi connectivity index (χ4v) is 3.71. The number of carbonyl (C=O) groups excluding carboxylic acids is 2. The molecule has 2 heterocycles. The van der Waals surface area contributed by atoms with Crippen molar-refractivity contribution in [1.29, 1.82) is 0 Å². The Balaban J connectivity index is 1.39. The molecule has 8 heteroatoms. The van der Waals surface area contributed by atoms with Crippen LogP contribution in [-0.2, 0) is 22.2 Å². The quantitative estimate of drug-likeness (QED) is 0.846. The number of alkyl halides is 3. The molecule has 0 radical (unpaired) electrons. The van der Waals surface area contributed by atoms with Crippen molar-refractivity contribution in [2.24, 2.45) is 11.7 Å². The molecular weight excluding hydrogens is 359 g/mol. The smallest absolute Gasteiger partial charge is 0.369 e. The molecule has 3 rings (SSSR count). The lowest BCUT2D eigenvalue weighted by Gasteiger charge is -2.47. The molecule has 2 saturated heterocycles. The molecule has 0 spiro atoms. The summed E-state index contributed by atoms with van der Waals surface area (Å²) in [5.74, 6) is -0.246. The first-order chi connectivity index (χ1) is 12.7. The number of nitrogens with zero attached hydrogens (tertiary/aromatic N) is 2. The Hall–Kier alpha value is -2.09. The number of hydrogen-bond donors (Lipinski definition) is 1. The number of carbonyl (C=O) groups is 2. The Labute approximate surface area is 156 Å². The third-order valence-corrected chi connectivity index (χ3v) is 5.57. The number of primary amides is 1. The highest BCUT2D eigenvalue weighted by atomic mass is 19.4. The molecule has 2 fully saturated rings. The summed E-state index contributed by atoms with van der Waals surface area (Å²) in [4.78, 5) is 27.6. The minimum atomic E-state index is -4.34. The van der Waals surface area contributed by atoms with E-state index in [1.54, 1.807) is 4.90 Å². The molecule has 2 aliphatic heterocycles. The number of amides is 2. The van der Waals surface area contributed by atoms with E-state index in [9.17, 15) is 22.8 Å². The summed E-state index contributed by atoms with van der Waals surface area (Å²) in [6, 6.07) is 5.29. The molecule has 1 aromatic carbocycles. The SMILES string of the molecule is NC(=O)C1CCN(C2CN(C(=O)CCc3ccc(C(F)(F)F)cc3)C2)CC1. The normalized spacial score (nSPS) is 19.7. The number of nitrogens with two attached hydrogens (primary N) is 1. The Morgan fingerprint density at radius 1 is 1.07 bits per heavy atom. The number of rotatable bonds is 5. The molecule has 5 nitrogen and oxygen atoms in total. The van der Waals surface area contributed by atoms with Gasteiger partial charge in [-0.05, 0) is 50.0 Å². The van der Waals surface area contributed by atoms with Crippen molar-refractivity contribution < 1.29 is 22.8 Å². The molecule has 0 atom stereocenters. The zero-order chi connectivity index (χ0) is 19.6. The van der Waals surface area contributed by atoms with Gasteiger partial charge in [-0.15, -0.1) is 0 Å². The maximum Gasteiger partial charge on any atom is 0.416 e. The Morgan fingerprint density at radius 3 is 2.19 bits per heavy atom. The van der Waals surface area contributed by atoms with Crippen LogP contribution in [0, 0.1) is 5.92 Å². The number of halogens is 3. The van der Waals surface area contributed by atoms with Crippen molar-refractivity contribution >= 4 is 11.8 Å². The lowest BCUT2D eigenvalue weighted by molar-refractivity contribution is -0.139. The summed E-state index contributed by atoms with van der Waals surface area (Å²) in [5, 5.41) is 0. The molecule has 148 valence electrons. The maximum atomic E-state index is 12.6. The van der Waals surface area contributed by atoms with Crippen molar-refractivity contribution in [3.63, 3.8) is 0 Å². The average molecular weight is 383 g/mol. The Bertz CT molecular complexity index is 676. The number of benzene rings is 1. The Kier molecular flexibility index (Phi) is 5.74. The maximum absolute atomic E-state index is 12.6. The topological polar surface area (TPSA) is 66.6 Å². The van der Waals surface area contributed by atoms with E-state index >= 15 is 0 Å². The van der Waals surface area contributed by atoms with E-state index in [4.69, 9.17) is 5.73 Å². The van der Waals surface area contributed by atoms with Gasteiger partial charge in [0.15, 0.2) is 0 Å². The van der Waals surface area contributed by atoms with Gasteiger partial charge in [-0.1, -0.05) is 12.1 Å². The van der Waals surface area contributed by atoms with Crippen molar-refractivity contribution in [1.82, 2.24) is 9.80 Å². The molecule has 27 heavy (non-hydrogen) atoms. The van der Waals surface area contributed by atoms with Crippen LogP contribution in [0.15, 0.2) is 24.3 Å². The summed E-state index contributed by atoms with van der Waals surface area (Å²) >= 11 is 0. The minimum absolute atomic E-state index is 0.0261. The molecule has 0 aromatic heterocycles. The molecule has 0 unspecified atom stereocenters. The monoisotopic (exact) mass is 383 g/mol. The molecular formula is C19H24F3N3O2. The van der Waals surface area contributed by atoms with Crippen LogP contribution in [0.25, 0.3) is 0 Å². The second kappa shape index (κ2) is 7.88. The van der Waals surface area contributed by atoms with Gasteiger partial charge >= 0.3 is 6.18 Å². The molecule has 2 amide bonds. The zero-order valence-corrected chi connectivity index (χ0v) is 15.0. The number of hydrogen-bond acceptors (Lipinski definition) is 3. The van der Waals surface area contributed by atoms with E-state index in [-0.39, 0.29) is 17.7 Å². The van der Waals surface area contributed by atoms with Crippen molar-refractivity contribution in [2.75, 3.05) is 26.2 Å². The second-order valence-electron chi connectivity index (χ2n) is 7.36. The van der Waals surface area contributed by atoms with Crippen LogP contribution in [0.2, 0.25) is 0 Å². The predicted octanol–water partition coefficient (Wildman–Crippen LogP) is 2.05. The highest BCUT2D eigenvalue weighted by Crippen LogP contribution is 2.29. The van der Waals surface area contributed by atoms with Gasteiger partial charge in [0.2, 0.25) is 11.8 Å². The molecule has 2 N–H and O–H groups in total. The lowest BCUT2D eigenvalue weighted by Crippen LogP contribution is -2.62. The molecule has 0 saturated carbocycles. The van der Waals surface area contributed by atoms with E-state index in [0.717, 1.165) is 43.6 Å². The summed E-state index contributed by atoms with van der Waals surface area (Å²) in [6.07, 6.45) is -2.07. The molecule has 1 aromatic rings. The van der Waals surface area contributed by atoms with Crippen molar-refractivity contribution in [3.8, 4) is 0 Å². The highest BCUT2D eigenvalue weighted by Gasteiger charge is 2.36. The molecule has 2 aliphatic rings. The first-order valence-electron chi connectivity index (χ1n) is 9.21. The van der Waals surface area contributed by atoms with Crippen molar-refractivity contribution in [3.05, 3.63) is 35.4 Å². The van der Waals surface area contributed by atoms with E-state index < -0.39 is 11.7 Å². The standard InChI is InChI=1S/C19H24F3N3O2/c20-19(21,22)15-4-1-13(2-5-15)3-6-17(26)25-11-16(12-25)24-9-7-14(8-10-24)18(23)27/h1-2,4-5,14,16H,3,6-12H2,(H2,23,27). The largest absolute Gasteiger partial charge is 0.416 e. The van der Waals surface area contributed by atoms with Crippen LogP contribution in [0.5, 0.6) is 0 Å². The summed E-state index contributed by atoms with van der Waals surface area (Å²) < 4.78 is 37.7. The van der Waals surface area contributed by atoms with Gasteiger partial charge in [0.25, 0.3) is 0 Å². The van der Waals surface area contributed by atoms with Crippen LogP contribution in [-0.4, -0.2) is 53.8 Å².